The molecule has 2 aromatic heterocycles. The maximum absolute atomic E-state index is 12.3. The van der Waals surface area contributed by atoms with Crippen molar-refractivity contribution in [2.45, 2.75) is 25.7 Å². The first-order chi connectivity index (χ1) is 9.69. The zero-order chi connectivity index (χ0) is 14.1. The van der Waals surface area contributed by atoms with Gasteiger partial charge in [-0.25, -0.2) is 4.98 Å². The molecular weight excluding hydrogens is 288 g/mol. The molecule has 2 heterocycles. The summed E-state index contributed by atoms with van der Waals surface area (Å²) < 4.78 is 0. The second-order valence-corrected chi connectivity index (χ2v) is 6.62. The van der Waals surface area contributed by atoms with Gasteiger partial charge in [0.1, 0.15) is 11.6 Å². The number of thiazole rings is 1. The Morgan fingerprint density at radius 1 is 1.50 bits per heavy atom. The Kier molecular flexibility index (Phi) is 3.51. The van der Waals surface area contributed by atoms with Crippen LogP contribution in [0.2, 0.25) is 0 Å². The maximum atomic E-state index is 12.3. The summed E-state index contributed by atoms with van der Waals surface area (Å²) in [6.07, 6.45) is 4.01. The first-order valence-corrected chi connectivity index (χ1v) is 8.11. The van der Waals surface area contributed by atoms with E-state index in [4.69, 9.17) is 0 Å². The Labute approximate surface area is 125 Å². The van der Waals surface area contributed by atoms with E-state index in [0.717, 1.165) is 16.3 Å². The van der Waals surface area contributed by atoms with Crippen molar-refractivity contribution in [3.05, 3.63) is 43.5 Å². The van der Waals surface area contributed by atoms with Gasteiger partial charge in [0.05, 0.1) is 15.6 Å². The molecule has 100 valence electrons. The fourth-order valence-corrected chi connectivity index (χ4v) is 3.74. The summed E-state index contributed by atoms with van der Waals surface area (Å²) in [5, 5.41) is 14.1. The molecule has 3 rings (SSSR count). The number of carbonyl (C=O) groups is 1. The number of ketones is 1. The smallest absolute Gasteiger partial charge is 0.213 e. The molecule has 1 fully saturated rings. The van der Waals surface area contributed by atoms with Crippen LogP contribution in [-0.2, 0) is 0 Å². The molecule has 0 unspecified atom stereocenters. The fraction of sp³-hybridized carbons (Fsp3) is 0.267. The van der Waals surface area contributed by atoms with Crippen molar-refractivity contribution in [3.63, 3.8) is 0 Å². The molecule has 1 aliphatic rings. The lowest BCUT2D eigenvalue weighted by atomic mass is 10.1. The van der Waals surface area contributed by atoms with E-state index >= 15 is 0 Å². The van der Waals surface area contributed by atoms with Crippen LogP contribution in [0, 0.1) is 18.3 Å². The number of hydrogen-bond donors (Lipinski definition) is 0. The van der Waals surface area contributed by atoms with E-state index in [1.807, 2.05) is 29.8 Å². The van der Waals surface area contributed by atoms with E-state index in [-0.39, 0.29) is 11.4 Å². The van der Waals surface area contributed by atoms with Gasteiger partial charge in [-0.15, -0.1) is 22.7 Å². The number of Topliss-reactive ketones (excluding diaryl/α,β-unsaturated/α-hetero) is 1. The van der Waals surface area contributed by atoms with Crippen molar-refractivity contribution in [3.8, 4) is 6.07 Å². The molecule has 0 aromatic carbocycles. The van der Waals surface area contributed by atoms with Gasteiger partial charge in [-0.05, 0) is 42.9 Å². The number of aromatic nitrogens is 1. The first kappa shape index (κ1) is 13.2. The number of hydrogen-bond acceptors (Lipinski definition) is 5. The largest absolute Gasteiger partial charge is 0.287 e. The minimum Gasteiger partial charge on any atom is -0.287 e. The molecular formula is C15H12N2OS2. The Bertz CT molecular complexity index is 729. The summed E-state index contributed by atoms with van der Waals surface area (Å²) in [6.45, 7) is 1.88. The summed E-state index contributed by atoms with van der Waals surface area (Å²) in [4.78, 5) is 17.4. The van der Waals surface area contributed by atoms with Crippen molar-refractivity contribution in [1.82, 2.24) is 4.98 Å². The quantitative estimate of drug-likeness (QED) is 0.483. The zero-order valence-electron chi connectivity index (χ0n) is 10.9. The average molecular weight is 300 g/mol. The van der Waals surface area contributed by atoms with Crippen LogP contribution in [0.3, 0.4) is 0 Å². The molecule has 0 bridgehead atoms. The van der Waals surface area contributed by atoms with E-state index in [1.165, 1.54) is 24.2 Å². The third-order valence-corrected chi connectivity index (χ3v) is 5.23. The Morgan fingerprint density at radius 2 is 2.30 bits per heavy atom. The van der Waals surface area contributed by atoms with Crippen LogP contribution in [-0.4, -0.2) is 10.8 Å². The second-order valence-electron chi connectivity index (χ2n) is 4.82. The molecule has 1 saturated carbocycles. The normalized spacial score (nSPS) is 15.1. The molecule has 0 radical (unpaired) electrons. The van der Waals surface area contributed by atoms with Gasteiger partial charge in [0.15, 0.2) is 0 Å². The van der Waals surface area contributed by atoms with Crippen LogP contribution >= 0.6 is 22.7 Å². The summed E-state index contributed by atoms with van der Waals surface area (Å²) in [5.41, 5.74) is 1.79. The highest BCUT2D eigenvalue weighted by Gasteiger charge is 2.26. The van der Waals surface area contributed by atoms with Gasteiger partial charge in [0, 0.05) is 11.3 Å². The summed E-state index contributed by atoms with van der Waals surface area (Å²) in [6, 6.07) is 3.89. The van der Waals surface area contributed by atoms with Crippen LogP contribution in [0.25, 0.3) is 6.08 Å². The SMILES string of the molecule is Cc1ccsc1C(=O)C(C#N)=Cc1csc(C2CC2)n1. The maximum Gasteiger partial charge on any atom is 0.213 e. The van der Waals surface area contributed by atoms with E-state index in [2.05, 4.69) is 4.98 Å². The molecule has 0 saturated heterocycles. The zero-order valence-corrected chi connectivity index (χ0v) is 12.6. The lowest BCUT2D eigenvalue weighted by molar-refractivity contribution is 0.104. The van der Waals surface area contributed by atoms with Crippen LogP contribution in [0.15, 0.2) is 22.4 Å². The van der Waals surface area contributed by atoms with Crippen molar-refractivity contribution < 1.29 is 4.79 Å². The minimum absolute atomic E-state index is 0.156. The molecule has 0 atom stereocenters. The third-order valence-electron chi connectivity index (χ3n) is 3.19. The van der Waals surface area contributed by atoms with Crippen molar-refractivity contribution in [2.24, 2.45) is 0 Å². The van der Waals surface area contributed by atoms with Crippen LogP contribution < -0.4 is 0 Å². The standard InChI is InChI=1S/C15H12N2OS2/c1-9-4-5-19-14(9)13(18)11(7-16)6-12-8-20-15(17-12)10-2-3-10/h4-6,8,10H,2-3H2,1H3. The lowest BCUT2D eigenvalue weighted by Crippen LogP contribution is -2.01. The molecule has 20 heavy (non-hydrogen) atoms. The predicted octanol–water partition coefficient (Wildman–Crippen LogP) is 4.18. The van der Waals surface area contributed by atoms with E-state index in [9.17, 15) is 10.1 Å². The Hall–Kier alpha value is -1.77. The molecule has 5 heteroatoms. The van der Waals surface area contributed by atoms with Crippen molar-refractivity contribution in [2.75, 3.05) is 0 Å². The highest BCUT2D eigenvalue weighted by atomic mass is 32.1. The van der Waals surface area contributed by atoms with Gasteiger partial charge in [-0.3, -0.25) is 4.79 Å². The summed E-state index contributed by atoms with van der Waals surface area (Å²) in [5.74, 6) is 0.392. The fourth-order valence-electron chi connectivity index (χ4n) is 1.91. The van der Waals surface area contributed by atoms with Crippen LogP contribution in [0.5, 0.6) is 0 Å². The van der Waals surface area contributed by atoms with E-state index in [1.54, 1.807) is 17.4 Å². The van der Waals surface area contributed by atoms with E-state index in [0.29, 0.717) is 10.8 Å². The molecule has 1 aliphatic carbocycles. The van der Waals surface area contributed by atoms with Crippen molar-refractivity contribution in [1.29, 1.82) is 5.26 Å². The monoisotopic (exact) mass is 300 g/mol. The first-order valence-electron chi connectivity index (χ1n) is 6.35. The number of aryl methyl sites for hydroxylation is 1. The average Bonchev–Trinajstić information content (AvgIpc) is 3.04. The Morgan fingerprint density at radius 3 is 2.90 bits per heavy atom. The van der Waals surface area contributed by atoms with Gasteiger partial charge < -0.3 is 0 Å². The topological polar surface area (TPSA) is 53.8 Å². The molecule has 0 aliphatic heterocycles. The highest BCUT2D eigenvalue weighted by molar-refractivity contribution is 7.12. The van der Waals surface area contributed by atoms with Crippen LogP contribution in [0.4, 0.5) is 0 Å². The van der Waals surface area contributed by atoms with Gasteiger partial charge in [-0.2, -0.15) is 5.26 Å². The molecule has 0 amide bonds. The summed E-state index contributed by atoms with van der Waals surface area (Å²) >= 11 is 2.98. The number of nitriles is 1. The number of nitrogens with zero attached hydrogens (tertiary/aromatic N) is 2. The van der Waals surface area contributed by atoms with Crippen LogP contribution in [0.1, 0.15) is 44.7 Å². The number of thiophene rings is 1. The molecule has 2 aromatic rings. The number of rotatable bonds is 4. The summed E-state index contributed by atoms with van der Waals surface area (Å²) in [7, 11) is 0. The van der Waals surface area contributed by atoms with Gasteiger partial charge in [0.2, 0.25) is 5.78 Å². The van der Waals surface area contributed by atoms with E-state index < -0.39 is 0 Å². The van der Waals surface area contributed by atoms with Gasteiger partial charge in [0.25, 0.3) is 0 Å². The molecule has 0 spiro atoms. The lowest BCUT2D eigenvalue weighted by Gasteiger charge is -1.96. The van der Waals surface area contributed by atoms with Crippen molar-refractivity contribution >= 4 is 34.5 Å². The third kappa shape index (κ3) is 2.58. The Balaban J connectivity index is 1.88. The molecule has 3 nitrogen and oxygen atoms in total. The predicted molar refractivity (Wildman–Crippen MR) is 81.1 cm³/mol. The molecule has 0 N–H and O–H groups in total. The highest BCUT2D eigenvalue weighted by Crippen LogP contribution is 2.41. The van der Waals surface area contributed by atoms with Gasteiger partial charge >= 0.3 is 0 Å². The van der Waals surface area contributed by atoms with Gasteiger partial charge in [-0.1, -0.05) is 0 Å². The number of allylic oxidation sites excluding steroid dienone is 1. The number of carbonyl (C=O) groups excluding carboxylic acids is 1. The minimum atomic E-state index is -0.207. The second kappa shape index (κ2) is 5.31.